The number of likely N-dealkylation sites (tertiary alicyclic amines) is 1. The van der Waals surface area contributed by atoms with Gasteiger partial charge in [0.05, 0.1) is 12.1 Å². The van der Waals surface area contributed by atoms with Crippen molar-refractivity contribution in [3.63, 3.8) is 0 Å². The Morgan fingerprint density at radius 2 is 2.29 bits per heavy atom. The number of ether oxygens (including phenoxy) is 1. The summed E-state index contributed by atoms with van der Waals surface area (Å²) in [7, 11) is 5.42. The Hall–Kier alpha value is -1.37. The van der Waals surface area contributed by atoms with Crippen LogP contribution >= 0.6 is 0 Å². The molecule has 0 radical (unpaired) electrons. The number of piperidine rings is 1. The number of rotatable bonds is 5. The molecule has 0 bridgehead atoms. The first kappa shape index (κ1) is 16.0. The van der Waals surface area contributed by atoms with Gasteiger partial charge in [-0.2, -0.15) is 0 Å². The van der Waals surface area contributed by atoms with Crippen LogP contribution < -0.4 is 0 Å². The normalized spacial score (nSPS) is 22.8. The number of likely N-dealkylation sites (N-methyl/N-ethyl adjacent to an activating group) is 1. The van der Waals surface area contributed by atoms with Gasteiger partial charge >= 0.3 is 0 Å². The molecule has 1 N–H and O–H groups in total. The van der Waals surface area contributed by atoms with Crippen LogP contribution in [0.5, 0.6) is 0 Å². The van der Waals surface area contributed by atoms with Crippen LogP contribution in [0.4, 0.5) is 0 Å². The number of carbonyl (C=O) groups excluding carboxylic acids is 1. The van der Waals surface area contributed by atoms with E-state index < -0.39 is 5.60 Å². The largest absolute Gasteiger partial charge is 0.453 e. The molecular weight excluding hydrogens is 272 g/mol. The zero-order chi connectivity index (χ0) is 15.5. The maximum atomic E-state index is 12.5. The van der Waals surface area contributed by atoms with Gasteiger partial charge in [0.1, 0.15) is 12.4 Å². The summed E-state index contributed by atoms with van der Waals surface area (Å²) in [4.78, 5) is 16.1. The van der Waals surface area contributed by atoms with E-state index in [1.54, 1.807) is 24.1 Å². The van der Waals surface area contributed by atoms with Gasteiger partial charge in [0.15, 0.2) is 5.76 Å². The molecule has 0 aromatic carbocycles. The smallest absolute Gasteiger partial charge is 0.289 e. The number of methoxy groups -OCH3 is 1. The van der Waals surface area contributed by atoms with Gasteiger partial charge in [-0.3, -0.25) is 4.79 Å². The monoisotopic (exact) mass is 296 g/mol. The number of amides is 1. The van der Waals surface area contributed by atoms with Gasteiger partial charge in [0.25, 0.3) is 5.91 Å². The van der Waals surface area contributed by atoms with Crippen molar-refractivity contribution in [2.75, 3.05) is 40.8 Å². The standard InChI is InChI=1S/C15H24N2O4/c1-16(2)10-15(19)7-4-8-17(11-15)14(18)13-6-5-12(21-13)9-20-3/h5-6,19H,4,7-11H2,1-3H3. The third-order valence-electron chi connectivity index (χ3n) is 3.61. The summed E-state index contributed by atoms with van der Waals surface area (Å²) in [6, 6.07) is 3.41. The van der Waals surface area contributed by atoms with Crippen molar-refractivity contribution in [2.24, 2.45) is 0 Å². The summed E-state index contributed by atoms with van der Waals surface area (Å²) in [6.45, 7) is 1.88. The van der Waals surface area contributed by atoms with Crippen LogP contribution in [0.25, 0.3) is 0 Å². The minimum atomic E-state index is -0.848. The molecule has 1 aromatic heterocycles. The lowest BCUT2D eigenvalue weighted by Crippen LogP contribution is -2.54. The molecule has 1 aliphatic heterocycles. The lowest BCUT2D eigenvalue weighted by atomic mass is 9.92. The van der Waals surface area contributed by atoms with E-state index in [4.69, 9.17) is 9.15 Å². The fourth-order valence-electron chi connectivity index (χ4n) is 2.87. The van der Waals surface area contributed by atoms with Gasteiger partial charge in [-0.25, -0.2) is 0 Å². The molecule has 1 unspecified atom stereocenters. The van der Waals surface area contributed by atoms with Crippen molar-refractivity contribution in [3.8, 4) is 0 Å². The van der Waals surface area contributed by atoms with Crippen molar-refractivity contribution < 1.29 is 19.1 Å². The first-order valence-electron chi connectivity index (χ1n) is 7.17. The fourth-order valence-corrected chi connectivity index (χ4v) is 2.87. The van der Waals surface area contributed by atoms with E-state index in [1.807, 2.05) is 19.0 Å². The first-order chi connectivity index (χ1) is 9.93. The molecule has 0 saturated carbocycles. The number of nitrogens with zero attached hydrogens (tertiary/aromatic N) is 2. The topological polar surface area (TPSA) is 66.2 Å². The second-order valence-corrected chi connectivity index (χ2v) is 5.99. The van der Waals surface area contributed by atoms with Gasteiger partial charge in [0, 0.05) is 20.2 Å². The molecule has 0 spiro atoms. The highest BCUT2D eigenvalue weighted by Gasteiger charge is 2.36. The van der Waals surface area contributed by atoms with Crippen LogP contribution in [0, 0.1) is 0 Å². The van der Waals surface area contributed by atoms with Gasteiger partial charge in [0.2, 0.25) is 0 Å². The van der Waals surface area contributed by atoms with E-state index in [2.05, 4.69) is 0 Å². The van der Waals surface area contributed by atoms with Gasteiger partial charge in [-0.1, -0.05) is 0 Å². The molecule has 118 valence electrons. The summed E-state index contributed by atoms with van der Waals surface area (Å²) >= 11 is 0. The second-order valence-electron chi connectivity index (χ2n) is 5.99. The summed E-state index contributed by atoms with van der Waals surface area (Å²) in [5.41, 5.74) is -0.848. The van der Waals surface area contributed by atoms with Crippen LogP contribution in [0.3, 0.4) is 0 Å². The summed E-state index contributed by atoms with van der Waals surface area (Å²) in [6.07, 6.45) is 1.50. The van der Waals surface area contributed by atoms with Gasteiger partial charge in [-0.05, 0) is 39.1 Å². The van der Waals surface area contributed by atoms with Crippen molar-refractivity contribution in [3.05, 3.63) is 23.7 Å². The maximum absolute atomic E-state index is 12.5. The molecule has 1 aliphatic rings. The minimum absolute atomic E-state index is 0.172. The number of aliphatic hydroxyl groups is 1. The summed E-state index contributed by atoms with van der Waals surface area (Å²) in [5, 5.41) is 10.6. The lowest BCUT2D eigenvalue weighted by molar-refractivity contribution is -0.0398. The van der Waals surface area contributed by atoms with Gasteiger partial charge in [-0.15, -0.1) is 0 Å². The Morgan fingerprint density at radius 3 is 2.95 bits per heavy atom. The molecule has 2 rings (SSSR count). The number of hydrogen-bond donors (Lipinski definition) is 1. The van der Waals surface area contributed by atoms with Crippen LogP contribution in [-0.2, 0) is 11.3 Å². The van der Waals surface area contributed by atoms with E-state index >= 15 is 0 Å². The maximum Gasteiger partial charge on any atom is 0.289 e. The van der Waals surface area contributed by atoms with E-state index in [0.29, 0.717) is 44.2 Å². The Kier molecular flexibility index (Phi) is 5.03. The predicted molar refractivity (Wildman–Crippen MR) is 78.1 cm³/mol. The number of hydrogen-bond acceptors (Lipinski definition) is 5. The third kappa shape index (κ3) is 4.06. The number of furan rings is 1. The molecule has 2 heterocycles. The van der Waals surface area contributed by atoms with Crippen LogP contribution in [0.1, 0.15) is 29.2 Å². The number of β-amino-alcohol motifs (C(OH)–C–C–N with tert-alkyl or cyclic N) is 1. The molecular formula is C15H24N2O4. The van der Waals surface area contributed by atoms with Crippen molar-refractivity contribution >= 4 is 5.91 Å². The SMILES string of the molecule is COCc1ccc(C(=O)N2CCCC(O)(CN(C)C)C2)o1. The third-order valence-corrected chi connectivity index (χ3v) is 3.61. The van der Waals surface area contributed by atoms with Crippen molar-refractivity contribution in [1.82, 2.24) is 9.80 Å². The molecule has 1 aromatic rings. The minimum Gasteiger partial charge on any atom is -0.453 e. The molecule has 6 heteroatoms. The molecule has 1 amide bonds. The van der Waals surface area contributed by atoms with Gasteiger partial charge < -0.3 is 24.1 Å². The molecule has 0 aliphatic carbocycles. The zero-order valence-electron chi connectivity index (χ0n) is 13.0. The Labute approximate surface area is 125 Å². The highest BCUT2D eigenvalue weighted by atomic mass is 16.5. The Bertz CT molecular complexity index is 486. The lowest BCUT2D eigenvalue weighted by Gasteiger charge is -2.40. The van der Waals surface area contributed by atoms with Crippen molar-refractivity contribution in [2.45, 2.75) is 25.0 Å². The molecule has 21 heavy (non-hydrogen) atoms. The average Bonchev–Trinajstić information content (AvgIpc) is 2.85. The Morgan fingerprint density at radius 1 is 1.52 bits per heavy atom. The molecule has 1 saturated heterocycles. The molecule has 1 fully saturated rings. The van der Waals surface area contributed by atoms with Crippen LogP contribution in [-0.4, -0.2) is 67.3 Å². The van der Waals surface area contributed by atoms with Crippen molar-refractivity contribution in [1.29, 1.82) is 0 Å². The predicted octanol–water partition coefficient (Wildman–Crippen LogP) is 0.955. The summed E-state index contributed by atoms with van der Waals surface area (Å²) in [5.74, 6) is 0.756. The van der Waals surface area contributed by atoms with Crippen LogP contribution in [0.2, 0.25) is 0 Å². The quantitative estimate of drug-likeness (QED) is 0.876. The summed E-state index contributed by atoms with van der Waals surface area (Å²) < 4.78 is 10.5. The van der Waals surface area contributed by atoms with Crippen LogP contribution in [0.15, 0.2) is 16.5 Å². The zero-order valence-corrected chi connectivity index (χ0v) is 13.0. The number of carbonyl (C=O) groups is 1. The van der Waals surface area contributed by atoms with E-state index in [0.717, 1.165) is 6.42 Å². The molecule has 6 nitrogen and oxygen atoms in total. The van der Waals surface area contributed by atoms with E-state index in [9.17, 15) is 9.90 Å². The Balaban J connectivity index is 2.04. The van der Waals surface area contributed by atoms with E-state index in [1.165, 1.54) is 0 Å². The highest BCUT2D eigenvalue weighted by Crippen LogP contribution is 2.23. The fraction of sp³-hybridized carbons (Fsp3) is 0.667. The molecule has 1 atom stereocenters. The second kappa shape index (κ2) is 6.60. The average molecular weight is 296 g/mol. The first-order valence-corrected chi connectivity index (χ1v) is 7.17. The highest BCUT2D eigenvalue weighted by molar-refractivity contribution is 5.91. The van der Waals surface area contributed by atoms with E-state index in [-0.39, 0.29) is 5.91 Å².